The molecule has 0 saturated heterocycles. The normalized spacial score (nSPS) is 15.0. The Morgan fingerprint density at radius 3 is 2.88 bits per heavy atom. The molecule has 0 aliphatic heterocycles. The molecule has 4 heteroatoms. The fourth-order valence-corrected chi connectivity index (χ4v) is 1.80. The van der Waals surface area contributed by atoms with Crippen molar-refractivity contribution in [1.82, 2.24) is 4.98 Å². The van der Waals surface area contributed by atoms with Crippen molar-refractivity contribution < 1.29 is 9.52 Å². The molecule has 0 bridgehead atoms. The van der Waals surface area contributed by atoms with E-state index in [0.717, 1.165) is 24.8 Å². The van der Waals surface area contributed by atoms with Crippen LogP contribution in [0.4, 0.5) is 0 Å². The first kappa shape index (κ1) is 12.1. The number of fused-ring (bicyclic) bond motifs is 1. The summed E-state index contributed by atoms with van der Waals surface area (Å²) in [4.78, 5) is 4.25. The van der Waals surface area contributed by atoms with Crippen molar-refractivity contribution in [2.45, 2.75) is 38.3 Å². The quantitative estimate of drug-likeness (QED) is 0.833. The number of aromatic nitrogens is 1. The molecule has 1 aromatic heterocycles. The third-order valence-electron chi connectivity index (χ3n) is 2.86. The fraction of sp³-hybridized carbons (Fsp3) is 0.462. The average Bonchev–Trinajstić information content (AvgIpc) is 2.78. The van der Waals surface area contributed by atoms with E-state index < -0.39 is 6.10 Å². The summed E-state index contributed by atoms with van der Waals surface area (Å²) < 4.78 is 5.49. The van der Waals surface area contributed by atoms with Crippen molar-refractivity contribution in [2.75, 3.05) is 0 Å². The molecule has 0 amide bonds. The van der Waals surface area contributed by atoms with Gasteiger partial charge in [0.15, 0.2) is 5.58 Å². The van der Waals surface area contributed by atoms with Crippen LogP contribution in [0.3, 0.4) is 0 Å². The topological polar surface area (TPSA) is 72.3 Å². The number of aliphatic hydroxyl groups is 1. The lowest BCUT2D eigenvalue weighted by atomic mass is 10.1. The van der Waals surface area contributed by atoms with E-state index in [1.807, 2.05) is 24.3 Å². The predicted octanol–water partition coefficient (Wildman–Crippen LogP) is 2.38. The smallest absolute Gasteiger partial charge is 0.225 e. The number of aliphatic hydroxyl groups excluding tert-OH is 1. The van der Waals surface area contributed by atoms with Gasteiger partial charge >= 0.3 is 0 Å². The molecule has 2 rings (SSSR count). The lowest BCUT2D eigenvalue weighted by Crippen LogP contribution is -2.28. The number of hydrogen-bond donors (Lipinski definition) is 2. The van der Waals surface area contributed by atoms with Crippen molar-refractivity contribution >= 4 is 11.1 Å². The number of oxazole rings is 1. The Labute approximate surface area is 100 Å². The monoisotopic (exact) mass is 234 g/mol. The van der Waals surface area contributed by atoms with Gasteiger partial charge < -0.3 is 15.3 Å². The van der Waals surface area contributed by atoms with Gasteiger partial charge in [-0.3, -0.25) is 0 Å². The first-order chi connectivity index (χ1) is 8.22. The van der Waals surface area contributed by atoms with Gasteiger partial charge in [0.25, 0.3) is 0 Å². The Hall–Kier alpha value is -1.39. The number of benzene rings is 1. The first-order valence-corrected chi connectivity index (χ1v) is 6.01. The number of unbranched alkanes of at least 4 members (excludes halogenated alkanes) is 1. The molecule has 3 N–H and O–H groups in total. The summed E-state index contributed by atoms with van der Waals surface area (Å²) in [6.45, 7) is 2.10. The van der Waals surface area contributed by atoms with Gasteiger partial charge in [-0.05, 0) is 18.6 Å². The van der Waals surface area contributed by atoms with Crippen molar-refractivity contribution in [2.24, 2.45) is 5.73 Å². The zero-order valence-electron chi connectivity index (χ0n) is 9.97. The third-order valence-corrected chi connectivity index (χ3v) is 2.86. The first-order valence-electron chi connectivity index (χ1n) is 6.01. The minimum atomic E-state index is -0.825. The van der Waals surface area contributed by atoms with Crippen LogP contribution in [0, 0.1) is 0 Å². The van der Waals surface area contributed by atoms with E-state index in [4.69, 9.17) is 10.2 Å². The minimum absolute atomic E-state index is 0.315. The molecule has 2 atom stereocenters. The minimum Gasteiger partial charge on any atom is -0.438 e. The molecule has 0 spiro atoms. The standard InChI is InChI=1S/C13H18N2O2/c1-2-3-6-9(14)12(16)13-15-10-7-4-5-8-11(10)17-13/h4-5,7-9,12,16H,2-3,6,14H2,1H3/t9?,12-/m0/s1. The molecule has 1 unspecified atom stereocenters. The van der Waals surface area contributed by atoms with E-state index in [1.165, 1.54) is 0 Å². The van der Waals surface area contributed by atoms with Gasteiger partial charge in [0.1, 0.15) is 11.6 Å². The van der Waals surface area contributed by atoms with Gasteiger partial charge in [-0.1, -0.05) is 31.9 Å². The largest absolute Gasteiger partial charge is 0.438 e. The molecule has 4 nitrogen and oxygen atoms in total. The second-order valence-corrected chi connectivity index (χ2v) is 4.27. The van der Waals surface area contributed by atoms with Crippen LogP contribution in [-0.2, 0) is 0 Å². The highest BCUT2D eigenvalue weighted by molar-refractivity contribution is 5.72. The summed E-state index contributed by atoms with van der Waals surface area (Å²) in [7, 11) is 0. The Morgan fingerprint density at radius 2 is 2.18 bits per heavy atom. The molecule has 0 aliphatic rings. The average molecular weight is 234 g/mol. The molecule has 0 radical (unpaired) electrons. The number of hydrogen-bond acceptors (Lipinski definition) is 4. The fourth-order valence-electron chi connectivity index (χ4n) is 1.80. The summed E-state index contributed by atoms with van der Waals surface area (Å²) in [6.07, 6.45) is 2.01. The van der Waals surface area contributed by atoms with Crippen molar-refractivity contribution in [3.05, 3.63) is 30.2 Å². The molecule has 1 heterocycles. The van der Waals surface area contributed by atoms with Gasteiger partial charge in [0, 0.05) is 6.04 Å². The predicted molar refractivity (Wildman–Crippen MR) is 66.5 cm³/mol. The van der Waals surface area contributed by atoms with E-state index in [1.54, 1.807) is 0 Å². The molecule has 92 valence electrons. The maximum atomic E-state index is 10.0. The zero-order chi connectivity index (χ0) is 12.3. The zero-order valence-corrected chi connectivity index (χ0v) is 9.97. The van der Waals surface area contributed by atoms with Gasteiger partial charge in [-0.25, -0.2) is 4.98 Å². The summed E-state index contributed by atoms with van der Waals surface area (Å²) in [5.41, 5.74) is 7.35. The summed E-state index contributed by atoms with van der Waals surface area (Å²) in [6, 6.07) is 7.13. The highest BCUT2D eigenvalue weighted by Crippen LogP contribution is 2.23. The maximum absolute atomic E-state index is 10.0. The van der Waals surface area contributed by atoms with Crippen LogP contribution >= 0.6 is 0 Å². The maximum Gasteiger partial charge on any atom is 0.225 e. The van der Waals surface area contributed by atoms with Gasteiger partial charge in [0.05, 0.1) is 0 Å². The van der Waals surface area contributed by atoms with Crippen LogP contribution in [-0.4, -0.2) is 16.1 Å². The number of para-hydroxylation sites is 2. The van der Waals surface area contributed by atoms with Gasteiger partial charge in [0.2, 0.25) is 5.89 Å². The van der Waals surface area contributed by atoms with Gasteiger partial charge in [-0.2, -0.15) is 0 Å². The third kappa shape index (κ3) is 2.65. The number of nitrogens with two attached hydrogens (primary N) is 1. The Bertz CT molecular complexity index is 448. The molecular weight excluding hydrogens is 216 g/mol. The van der Waals surface area contributed by atoms with E-state index in [0.29, 0.717) is 11.5 Å². The van der Waals surface area contributed by atoms with E-state index >= 15 is 0 Å². The summed E-state index contributed by atoms with van der Waals surface area (Å²) >= 11 is 0. The van der Waals surface area contributed by atoms with E-state index in [9.17, 15) is 5.11 Å². The lowest BCUT2D eigenvalue weighted by Gasteiger charge is -2.14. The highest BCUT2D eigenvalue weighted by atomic mass is 16.4. The number of nitrogens with zero attached hydrogens (tertiary/aromatic N) is 1. The molecule has 0 saturated carbocycles. The molecule has 2 aromatic rings. The van der Waals surface area contributed by atoms with Crippen molar-refractivity contribution in [3.63, 3.8) is 0 Å². The van der Waals surface area contributed by atoms with Crippen LogP contribution in [0.5, 0.6) is 0 Å². The van der Waals surface area contributed by atoms with Crippen LogP contribution < -0.4 is 5.73 Å². The van der Waals surface area contributed by atoms with Crippen LogP contribution in [0.2, 0.25) is 0 Å². The van der Waals surface area contributed by atoms with Crippen LogP contribution in [0.25, 0.3) is 11.1 Å². The second kappa shape index (κ2) is 5.29. The van der Waals surface area contributed by atoms with E-state index in [2.05, 4.69) is 11.9 Å². The molecule has 1 aromatic carbocycles. The summed E-state index contributed by atoms with van der Waals surface area (Å²) in [5.74, 6) is 0.315. The number of rotatable bonds is 5. The second-order valence-electron chi connectivity index (χ2n) is 4.27. The van der Waals surface area contributed by atoms with Gasteiger partial charge in [-0.15, -0.1) is 0 Å². The molecular formula is C13H18N2O2. The van der Waals surface area contributed by atoms with Crippen molar-refractivity contribution in [1.29, 1.82) is 0 Å². The van der Waals surface area contributed by atoms with Crippen LogP contribution in [0.1, 0.15) is 38.2 Å². The van der Waals surface area contributed by atoms with Crippen molar-refractivity contribution in [3.8, 4) is 0 Å². The highest BCUT2D eigenvalue weighted by Gasteiger charge is 2.21. The summed E-state index contributed by atoms with van der Waals surface area (Å²) in [5, 5.41) is 10.0. The molecule has 0 fully saturated rings. The Kier molecular flexibility index (Phi) is 3.76. The Morgan fingerprint density at radius 1 is 1.41 bits per heavy atom. The molecule has 0 aliphatic carbocycles. The van der Waals surface area contributed by atoms with E-state index in [-0.39, 0.29) is 6.04 Å². The Balaban J connectivity index is 2.15. The SMILES string of the molecule is CCCCC(N)[C@H](O)c1nc2ccccc2o1. The van der Waals surface area contributed by atoms with Crippen LogP contribution in [0.15, 0.2) is 28.7 Å². The molecule has 17 heavy (non-hydrogen) atoms. The lowest BCUT2D eigenvalue weighted by molar-refractivity contribution is 0.113.